The smallest absolute Gasteiger partial charge is 0.332 e. The summed E-state index contributed by atoms with van der Waals surface area (Å²) in [6.07, 6.45) is 0. The maximum absolute atomic E-state index is 12.4. The Morgan fingerprint density at radius 2 is 1.95 bits per heavy atom. The maximum atomic E-state index is 12.4. The Labute approximate surface area is 129 Å². The van der Waals surface area contributed by atoms with Crippen LogP contribution in [0.3, 0.4) is 0 Å². The number of imidazole rings is 1. The molecule has 9 heteroatoms. The van der Waals surface area contributed by atoms with Crippen molar-refractivity contribution in [3.8, 4) is 0 Å². The lowest BCUT2D eigenvalue weighted by Crippen LogP contribution is -2.37. The molecule has 0 aromatic carbocycles. The Hall–Kier alpha value is -2.29. The molecule has 2 aromatic rings. The highest BCUT2D eigenvalue weighted by molar-refractivity contribution is 7.99. The fraction of sp³-hybridized carbons (Fsp3) is 0.385. The van der Waals surface area contributed by atoms with Crippen LogP contribution < -0.4 is 11.2 Å². The first-order valence-electron chi connectivity index (χ1n) is 6.39. The normalized spacial score (nSPS) is 11.0. The quantitative estimate of drug-likeness (QED) is 0.622. The van der Waals surface area contributed by atoms with Crippen LogP contribution in [0.4, 0.5) is 0 Å². The molecule has 0 atom stereocenters. The van der Waals surface area contributed by atoms with Gasteiger partial charge in [0.15, 0.2) is 16.3 Å². The first-order valence-corrected chi connectivity index (χ1v) is 7.37. The van der Waals surface area contributed by atoms with E-state index in [0.717, 1.165) is 21.9 Å². The van der Waals surface area contributed by atoms with Crippen molar-refractivity contribution in [2.75, 3.05) is 5.75 Å². The minimum absolute atomic E-state index is 0.187. The average Bonchev–Trinajstić information content (AvgIpc) is 2.78. The predicted molar refractivity (Wildman–Crippen MR) is 83.4 cm³/mol. The van der Waals surface area contributed by atoms with E-state index in [1.807, 2.05) is 0 Å². The van der Waals surface area contributed by atoms with Gasteiger partial charge >= 0.3 is 11.7 Å². The second kappa shape index (κ2) is 5.84. The number of rotatable bonds is 5. The third-order valence-corrected chi connectivity index (χ3v) is 4.03. The second-order valence-electron chi connectivity index (χ2n) is 5.00. The standard InChI is InChI=1S/C13H16N4O4S/c1-7(2)5-17-9-10(14-12(17)22-6-8(18)19)15(3)13(21)16(4)11(9)20/h1,5-6H2,2-4H3,(H,18,19). The largest absolute Gasteiger partial charge is 0.481 e. The van der Waals surface area contributed by atoms with Gasteiger partial charge in [0.1, 0.15) is 0 Å². The molecule has 1 N–H and O–H groups in total. The van der Waals surface area contributed by atoms with Gasteiger partial charge in [-0.15, -0.1) is 0 Å². The van der Waals surface area contributed by atoms with Gasteiger partial charge in [0.05, 0.1) is 5.75 Å². The molecule has 0 unspecified atom stereocenters. The molecular weight excluding hydrogens is 308 g/mol. The minimum atomic E-state index is -0.985. The van der Waals surface area contributed by atoms with E-state index in [2.05, 4.69) is 11.6 Å². The molecule has 2 rings (SSSR count). The van der Waals surface area contributed by atoms with E-state index in [4.69, 9.17) is 5.11 Å². The van der Waals surface area contributed by atoms with Gasteiger partial charge in [-0.2, -0.15) is 0 Å². The molecule has 118 valence electrons. The molecule has 0 spiro atoms. The van der Waals surface area contributed by atoms with E-state index in [-0.39, 0.29) is 16.9 Å². The van der Waals surface area contributed by atoms with Gasteiger partial charge in [-0.1, -0.05) is 23.9 Å². The predicted octanol–water partition coefficient (Wildman–Crippen LogP) is 0.186. The summed E-state index contributed by atoms with van der Waals surface area (Å²) in [4.78, 5) is 39.4. The number of carbonyl (C=O) groups is 1. The number of allylic oxidation sites excluding steroid dienone is 1. The van der Waals surface area contributed by atoms with Crippen LogP contribution in [-0.2, 0) is 25.4 Å². The first-order chi connectivity index (χ1) is 10.2. The van der Waals surface area contributed by atoms with Gasteiger partial charge in [0, 0.05) is 20.6 Å². The van der Waals surface area contributed by atoms with Crippen LogP contribution in [-0.4, -0.2) is 35.5 Å². The van der Waals surface area contributed by atoms with Crippen LogP contribution in [0.15, 0.2) is 26.9 Å². The van der Waals surface area contributed by atoms with Crippen molar-refractivity contribution in [2.24, 2.45) is 14.1 Å². The summed E-state index contributed by atoms with van der Waals surface area (Å²) in [5.41, 5.74) is 0.344. The molecule has 0 aliphatic heterocycles. The third kappa shape index (κ3) is 2.71. The van der Waals surface area contributed by atoms with Crippen molar-refractivity contribution in [3.63, 3.8) is 0 Å². The monoisotopic (exact) mass is 324 g/mol. The van der Waals surface area contributed by atoms with Crippen LogP contribution in [0, 0.1) is 0 Å². The van der Waals surface area contributed by atoms with E-state index in [0.29, 0.717) is 11.7 Å². The van der Waals surface area contributed by atoms with Gasteiger partial charge < -0.3 is 9.67 Å². The van der Waals surface area contributed by atoms with E-state index in [9.17, 15) is 14.4 Å². The molecule has 0 amide bonds. The molecule has 0 saturated carbocycles. The SMILES string of the molecule is C=C(C)Cn1c(SCC(=O)O)nc2c1c(=O)n(C)c(=O)n2C. The summed E-state index contributed by atoms with van der Waals surface area (Å²) in [5, 5.41) is 9.20. The van der Waals surface area contributed by atoms with Crippen LogP contribution in [0.1, 0.15) is 6.92 Å². The zero-order valence-electron chi connectivity index (χ0n) is 12.5. The van der Waals surface area contributed by atoms with E-state index < -0.39 is 17.2 Å². The summed E-state index contributed by atoms with van der Waals surface area (Å²) in [6.45, 7) is 5.93. The van der Waals surface area contributed by atoms with Crippen LogP contribution in [0.2, 0.25) is 0 Å². The van der Waals surface area contributed by atoms with Gasteiger partial charge in [-0.3, -0.25) is 18.7 Å². The molecule has 8 nitrogen and oxygen atoms in total. The number of carboxylic acid groups (broad SMARTS) is 1. The summed E-state index contributed by atoms with van der Waals surface area (Å²) >= 11 is 1.000. The lowest BCUT2D eigenvalue weighted by Gasteiger charge is -2.08. The van der Waals surface area contributed by atoms with Crippen molar-refractivity contribution < 1.29 is 9.90 Å². The molecule has 0 fully saturated rings. The number of hydrogen-bond donors (Lipinski definition) is 1. The van der Waals surface area contributed by atoms with Crippen molar-refractivity contribution in [2.45, 2.75) is 18.6 Å². The first kappa shape index (κ1) is 16.1. The molecule has 0 bridgehead atoms. The van der Waals surface area contributed by atoms with Crippen LogP contribution in [0.25, 0.3) is 11.2 Å². The summed E-state index contributed by atoms with van der Waals surface area (Å²) in [7, 11) is 2.92. The maximum Gasteiger partial charge on any atom is 0.332 e. The Balaban J connectivity index is 2.80. The molecule has 22 heavy (non-hydrogen) atoms. The Morgan fingerprint density at radius 1 is 1.32 bits per heavy atom. The summed E-state index contributed by atoms with van der Waals surface area (Å²) < 4.78 is 3.88. The highest BCUT2D eigenvalue weighted by Crippen LogP contribution is 2.22. The highest BCUT2D eigenvalue weighted by Gasteiger charge is 2.19. The number of hydrogen-bond acceptors (Lipinski definition) is 5. The topological polar surface area (TPSA) is 99.1 Å². The fourth-order valence-electron chi connectivity index (χ4n) is 2.08. The molecule has 2 heterocycles. The Kier molecular flexibility index (Phi) is 4.27. The summed E-state index contributed by atoms with van der Waals surface area (Å²) in [5.74, 6) is -1.17. The second-order valence-corrected chi connectivity index (χ2v) is 5.94. The number of aryl methyl sites for hydroxylation is 1. The number of aliphatic carboxylic acids is 1. The van der Waals surface area contributed by atoms with Gasteiger partial charge in [-0.05, 0) is 6.92 Å². The van der Waals surface area contributed by atoms with Gasteiger partial charge in [-0.25, -0.2) is 9.78 Å². The lowest BCUT2D eigenvalue weighted by molar-refractivity contribution is -0.133. The van der Waals surface area contributed by atoms with Crippen molar-refractivity contribution >= 4 is 28.9 Å². The fourth-order valence-corrected chi connectivity index (χ4v) is 2.79. The molecule has 0 radical (unpaired) electrons. The zero-order chi connectivity index (χ0) is 16.6. The highest BCUT2D eigenvalue weighted by atomic mass is 32.2. The lowest BCUT2D eigenvalue weighted by atomic mass is 10.3. The molecule has 0 saturated heterocycles. The minimum Gasteiger partial charge on any atom is -0.481 e. The number of aromatic nitrogens is 4. The Morgan fingerprint density at radius 3 is 2.50 bits per heavy atom. The number of fused-ring (bicyclic) bond motifs is 1. The molecular formula is C13H16N4O4S. The van der Waals surface area contributed by atoms with Gasteiger partial charge in [0.2, 0.25) is 0 Å². The van der Waals surface area contributed by atoms with Crippen LogP contribution >= 0.6 is 11.8 Å². The van der Waals surface area contributed by atoms with Crippen molar-refractivity contribution in [1.82, 2.24) is 18.7 Å². The molecule has 0 aliphatic rings. The van der Waals surface area contributed by atoms with Crippen molar-refractivity contribution in [1.29, 1.82) is 0 Å². The number of thioether (sulfide) groups is 1. The third-order valence-electron chi connectivity index (χ3n) is 3.07. The van der Waals surface area contributed by atoms with E-state index in [1.165, 1.54) is 18.7 Å². The van der Waals surface area contributed by atoms with E-state index >= 15 is 0 Å². The Bertz CT molecular complexity index is 890. The summed E-state index contributed by atoms with van der Waals surface area (Å²) in [6, 6.07) is 0. The zero-order valence-corrected chi connectivity index (χ0v) is 13.3. The number of carboxylic acids is 1. The van der Waals surface area contributed by atoms with Gasteiger partial charge in [0.25, 0.3) is 5.56 Å². The molecule has 2 aromatic heterocycles. The average molecular weight is 324 g/mol. The van der Waals surface area contributed by atoms with E-state index in [1.54, 1.807) is 11.5 Å². The van der Waals surface area contributed by atoms with Crippen molar-refractivity contribution in [3.05, 3.63) is 33.0 Å². The molecule has 0 aliphatic carbocycles. The number of nitrogens with zero attached hydrogens (tertiary/aromatic N) is 4. The van der Waals surface area contributed by atoms with Crippen LogP contribution in [0.5, 0.6) is 0 Å².